The number of amides is 1. The highest BCUT2D eigenvalue weighted by atomic mass is 79.9. The van der Waals surface area contributed by atoms with Gasteiger partial charge in [-0.05, 0) is 34.1 Å². The molecule has 1 aliphatic rings. The van der Waals surface area contributed by atoms with Gasteiger partial charge in [0.05, 0.1) is 24.9 Å². The predicted molar refractivity (Wildman–Crippen MR) is 80.7 cm³/mol. The number of anilines is 1. The number of carbonyl (C=O) groups is 1. The summed E-state index contributed by atoms with van der Waals surface area (Å²) < 4.78 is 5.90. The SMILES string of the molecule is COc1ccc(Br)c(C(=O)N2Cc3cnc(N)nc3C2)c1. The van der Waals surface area contributed by atoms with Crippen molar-refractivity contribution in [3.63, 3.8) is 0 Å². The molecule has 0 aliphatic carbocycles. The molecule has 2 aromatic rings. The van der Waals surface area contributed by atoms with Crippen molar-refractivity contribution in [2.24, 2.45) is 0 Å². The second-order valence-corrected chi connectivity index (χ2v) is 5.56. The van der Waals surface area contributed by atoms with Gasteiger partial charge in [-0.25, -0.2) is 9.97 Å². The third-order valence-corrected chi connectivity index (χ3v) is 4.06. The number of aromatic nitrogens is 2. The maximum atomic E-state index is 12.7. The highest BCUT2D eigenvalue weighted by molar-refractivity contribution is 9.10. The van der Waals surface area contributed by atoms with Gasteiger partial charge in [0.25, 0.3) is 5.91 Å². The van der Waals surface area contributed by atoms with Gasteiger partial charge in [-0.2, -0.15) is 0 Å². The summed E-state index contributed by atoms with van der Waals surface area (Å²) in [4.78, 5) is 22.5. The first-order chi connectivity index (χ1) is 10.1. The largest absolute Gasteiger partial charge is 0.497 e. The van der Waals surface area contributed by atoms with Crippen LogP contribution in [0.2, 0.25) is 0 Å². The molecule has 1 aromatic heterocycles. The lowest BCUT2D eigenvalue weighted by atomic mass is 10.2. The molecular weight excluding hydrogens is 336 g/mol. The molecule has 0 fully saturated rings. The number of hydrogen-bond acceptors (Lipinski definition) is 5. The van der Waals surface area contributed by atoms with E-state index in [0.717, 1.165) is 15.7 Å². The van der Waals surface area contributed by atoms with E-state index in [1.807, 2.05) is 0 Å². The molecule has 1 aliphatic heterocycles. The fourth-order valence-electron chi connectivity index (χ4n) is 2.28. The molecule has 2 heterocycles. The number of methoxy groups -OCH3 is 1. The van der Waals surface area contributed by atoms with Crippen LogP contribution in [0.15, 0.2) is 28.9 Å². The van der Waals surface area contributed by atoms with Gasteiger partial charge in [-0.1, -0.05) is 0 Å². The summed E-state index contributed by atoms with van der Waals surface area (Å²) in [7, 11) is 1.57. The molecule has 3 rings (SSSR count). The normalized spacial score (nSPS) is 13.1. The van der Waals surface area contributed by atoms with Crippen LogP contribution in [-0.2, 0) is 13.1 Å². The Labute approximate surface area is 130 Å². The lowest BCUT2D eigenvalue weighted by Gasteiger charge is -2.16. The van der Waals surface area contributed by atoms with Gasteiger partial charge in [0.15, 0.2) is 0 Å². The van der Waals surface area contributed by atoms with Crippen LogP contribution < -0.4 is 10.5 Å². The Balaban J connectivity index is 1.88. The molecule has 0 spiro atoms. The summed E-state index contributed by atoms with van der Waals surface area (Å²) in [6.07, 6.45) is 1.67. The Morgan fingerprint density at radius 1 is 1.43 bits per heavy atom. The molecule has 7 heteroatoms. The van der Waals surface area contributed by atoms with E-state index in [1.165, 1.54) is 0 Å². The Bertz CT molecular complexity index is 720. The number of ether oxygens (including phenoxy) is 1. The molecule has 0 saturated heterocycles. The Morgan fingerprint density at radius 3 is 3.00 bits per heavy atom. The molecule has 6 nitrogen and oxygen atoms in total. The standard InChI is InChI=1S/C14H13BrN4O2/c1-21-9-2-3-11(15)10(4-9)13(20)19-6-8-5-17-14(16)18-12(8)7-19/h2-5H,6-7H2,1H3,(H2,16,17,18). The van der Waals surface area contributed by atoms with Crippen molar-refractivity contribution >= 4 is 27.8 Å². The van der Waals surface area contributed by atoms with Crippen LogP contribution in [-0.4, -0.2) is 27.9 Å². The van der Waals surface area contributed by atoms with E-state index in [9.17, 15) is 4.79 Å². The first-order valence-electron chi connectivity index (χ1n) is 6.31. The summed E-state index contributed by atoms with van der Waals surface area (Å²) >= 11 is 3.40. The zero-order valence-electron chi connectivity index (χ0n) is 11.3. The number of rotatable bonds is 2. The van der Waals surface area contributed by atoms with Gasteiger partial charge in [0.2, 0.25) is 5.95 Å². The minimum Gasteiger partial charge on any atom is -0.497 e. The van der Waals surface area contributed by atoms with Crippen molar-refractivity contribution in [3.05, 3.63) is 45.7 Å². The quantitative estimate of drug-likeness (QED) is 0.897. The molecule has 1 amide bonds. The summed E-state index contributed by atoms with van der Waals surface area (Å²) in [6.45, 7) is 0.919. The number of hydrogen-bond donors (Lipinski definition) is 1. The van der Waals surface area contributed by atoms with Crippen molar-refractivity contribution in [2.75, 3.05) is 12.8 Å². The van der Waals surface area contributed by atoms with Crippen LogP contribution in [0.5, 0.6) is 5.75 Å². The van der Waals surface area contributed by atoms with Gasteiger partial charge >= 0.3 is 0 Å². The smallest absolute Gasteiger partial charge is 0.255 e. The Kier molecular flexibility index (Phi) is 3.50. The van der Waals surface area contributed by atoms with Crippen LogP contribution in [0, 0.1) is 0 Å². The highest BCUT2D eigenvalue weighted by Crippen LogP contribution is 2.27. The molecule has 0 bridgehead atoms. The van der Waals surface area contributed by atoms with E-state index in [-0.39, 0.29) is 11.9 Å². The number of nitrogen functional groups attached to an aromatic ring is 1. The van der Waals surface area contributed by atoms with Crippen LogP contribution in [0.4, 0.5) is 5.95 Å². The zero-order chi connectivity index (χ0) is 15.0. The molecule has 2 N–H and O–H groups in total. The van der Waals surface area contributed by atoms with Crippen molar-refractivity contribution in [2.45, 2.75) is 13.1 Å². The molecule has 0 atom stereocenters. The average molecular weight is 349 g/mol. The molecule has 108 valence electrons. The number of nitrogens with zero attached hydrogens (tertiary/aromatic N) is 3. The summed E-state index contributed by atoms with van der Waals surface area (Å²) in [5.74, 6) is 0.783. The first kappa shape index (κ1) is 13.8. The number of fused-ring (bicyclic) bond motifs is 1. The summed E-state index contributed by atoms with van der Waals surface area (Å²) in [6, 6.07) is 5.31. The second-order valence-electron chi connectivity index (χ2n) is 4.71. The molecule has 0 radical (unpaired) electrons. The lowest BCUT2D eigenvalue weighted by Crippen LogP contribution is -2.25. The first-order valence-corrected chi connectivity index (χ1v) is 7.11. The van der Waals surface area contributed by atoms with Gasteiger partial charge in [-0.3, -0.25) is 4.79 Å². The van der Waals surface area contributed by atoms with Crippen LogP contribution in [0.3, 0.4) is 0 Å². The van der Waals surface area contributed by atoms with Gasteiger partial charge in [-0.15, -0.1) is 0 Å². The third kappa shape index (κ3) is 2.56. The molecule has 21 heavy (non-hydrogen) atoms. The molecule has 1 aromatic carbocycles. The Morgan fingerprint density at radius 2 is 2.24 bits per heavy atom. The minimum atomic E-state index is -0.0858. The van der Waals surface area contributed by atoms with E-state index in [1.54, 1.807) is 36.4 Å². The number of nitrogens with two attached hydrogens (primary N) is 1. The predicted octanol–water partition coefficient (Wildman–Crippen LogP) is 1.99. The van der Waals surface area contributed by atoms with Crippen molar-refractivity contribution < 1.29 is 9.53 Å². The van der Waals surface area contributed by atoms with E-state index >= 15 is 0 Å². The number of benzene rings is 1. The summed E-state index contributed by atoms with van der Waals surface area (Å²) in [5.41, 5.74) is 7.86. The Hall–Kier alpha value is -2.15. The van der Waals surface area contributed by atoms with Crippen molar-refractivity contribution in [1.82, 2.24) is 14.9 Å². The average Bonchev–Trinajstić information content (AvgIpc) is 2.90. The monoisotopic (exact) mass is 348 g/mol. The third-order valence-electron chi connectivity index (χ3n) is 3.37. The number of carbonyl (C=O) groups excluding carboxylic acids is 1. The van der Waals surface area contributed by atoms with Crippen LogP contribution >= 0.6 is 15.9 Å². The van der Waals surface area contributed by atoms with E-state index in [4.69, 9.17) is 10.5 Å². The highest BCUT2D eigenvalue weighted by Gasteiger charge is 2.27. The zero-order valence-corrected chi connectivity index (χ0v) is 12.9. The molecular formula is C14H13BrN4O2. The second kappa shape index (κ2) is 5.33. The summed E-state index contributed by atoms with van der Waals surface area (Å²) in [5, 5.41) is 0. The maximum Gasteiger partial charge on any atom is 0.255 e. The molecule has 0 unspecified atom stereocenters. The van der Waals surface area contributed by atoms with E-state index in [0.29, 0.717) is 24.4 Å². The maximum absolute atomic E-state index is 12.7. The topological polar surface area (TPSA) is 81.3 Å². The van der Waals surface area contributed by atoms with Crippen LogP contribution in [0.25, 0.3) is 0 Å². The van der Waals surface area contributed by atoms with Crippen molar-refractivity contribution in [3.8, 4) is 5.75 Å². The lowest BCUT2D eigenvalue weighted by molar-refractivity contribution is 0.0749. The van der Waals surface area contributed by atoms with E-state index in [2.05, 4.69) is 25.9 Å². The van der Waals surface area contributed by atoms with Crippen LogP contribution in [0.1, 0.15) is 21.6 Å². The van der Waals surface area contributed by atoms with Gasteiger partial charge in [0.1, 0.15) is 5.75 Å². The molecule has 0 saturated carbocycles. The van der Waals surface area contributed by atoms with Crippen molar-refractivity contribution in [1.29, 1.82) is 0 Å². The minimum absolute atomic E-state index is 0.0858. The van der Waals surface area contributed by atoms with Gasteiger partial charge in [0, 0.05) is 22.8 Å². The fraction of sp³-hybridized carbons (Fsp3) is 0.214. The fourth-order valence-corrected chi connectivity index (χ4v) is 2.69. The number of halogens is 1. The van der Waals surface area contributed by atoms with Gasteiger partial charge < -0.3 is 15.4 Å². The van der Waals surface area contributed by atoms with E-state index < -0.39 is 0 Å².